The second kappa shape index (κ2) is 6.91. The van der Waals surface area contributed by atoms with Crippen molar-refractivity contribution in [1.29, 1.82) is 0 Å². The summed E-state index contributed by atoms with van der Waals surface area (Å²) in [7, 11) is 0. The Morgan fingerprint density at radius 1 is 1.11 bits per heavy atom. The van der Waals surface area contributed by atoms with Gasteiger partial charge in [-0.05, 0) is 30.2 Å². The zero-order chi connectivity index (χ0) is 13.6. The lowest BCUT2D eigenvalue weighted by Gasteiger charge is -2.29. The Hall–Kier alpha value is -0.860. The van der Waals surface area contributed by atoms with E-state index < -0.39 is 0 Å². The quantitative estimate of drug-likeness (QED) is 0.740. The van der Waals surface area contributed by atoms with E-state index in [1.165, 1.54) is 5.56 Å². The highest BCUT2D eigenvalue weighted by atomic mass is 16.6. The molecule has 1 unspecified atom stereocenters. The van der Waals surface area contributed by atoms with Gasteiger partial charge in [-0.25, -0.2) is 0 Å². The third kappa shape index (κ3) is 5.19. The summed E-state index contributed by atoms with van der Waals surface area (Å²) in [5.74, 6) is 0.562. The van der Waals surface area contributed by atoms with E-state index in [4.69, 9.17) is 4.84 Å². The summed E-state index contributed by atoms with van der Waals surface area (Å²) in [4.78, 5) is 5.49. The van der Waals surface area contributed by atoms with Gasteiger partial charge in [0.15, 0.2) is 0 Å². The average molecular weight is 249 g/mol. The molecule has 0 fully saturated rings. The highest BCUT2D eigenvalue weighted by Crippen LogP contribution is 2.28. The van der Waals surface area contributed by atoms with E-state index in [-0.39, 0.29) is 5.41 Å². The summed E-state index contributed by atoms with van der Waals surface area (Å²) < 4.78 is 0. The smallest absolute Gasteiger partial charge is 0.0705 e. The van der Waals surface area contributed by atoms with Crippen LogP contribution in [0.3, 0.4) is 0 Å². The highest BCUT2D eigenvalue weighted by molar-refractivity contribution is 5.23. The van der Waals surface area contributed by atoms with Gasteiger partial charge in [-0.2, -0.15) is 5.48 Å². The van der Waals surface area contributed by atoms with Gasteiger partial charge in [0.2, 0.25) is 0 Å². The number of hydroxylamine groups is 1. The van der Waals surface area contributed by atoms with Crippen molar-refractivity contribution >= 4 is 0 Å². The molecule has 2 heteroatoms. The van der Waals surface area contributed by atoms with Crippen LogP contribution in [0.2, 0.25) is 0 Å². The summed E-state index contributed by atoms with van der Waals surface area (Å²) in [5, 5.41) is 0. The zero-order valence-electron chi connectivity index (χ0n) is 12.4. The molecule has 2 nitrogen and oxygen atoms in total. The Labute approximate surface area is 112 Å². The van der Waals surface area contributed by atoms with E-state index in [1.807, 2.05) is 0 Å². The van der Waals surface area contributed by atoms with Gasteiger partial charge in [0.25, 0.3) is 0 Å². The first-order valence-electron chi connectivity index (χ1n) is 6.84. The molecule has 1 aromatic rings. The molecule has 0 heterocycles. The van der Waals surface area contributed by atoms with Crippen molar-refractivity contribution in [3.63, 3.8) is 0 Å². The molecule has 0 aliphatic rings. The first-order chi connectivity index (χ1) is 8.42. The molecule has 1 N–H and O–H groups in total. The Morgan fingerprint density at radius 3 is 2.28 bits per heavy atom. The minimum Gasteiger partial charge on any atom is -0.301 e. The van der Waals surface area contributed by atoms with Gasteiger partial charge in [0, 0.05) is 6.04 Å². The summed E-state index contributed by atoms with van der Waals surface area (Å²) in [6.45, 7) is 11.8. The Bertz CT molecular complexity index is 332. The summed E-state index contributed by atoms with van der Waals surface area (Å²) in [5.41, 5.74) is 4.68. The molecule has 0 aliphatic carbocycles. The van der Waals surface area contributed by atoms with Gasteiger partial charge in [-0.15, -0.1) is 0 Å². The van der Waals surface area contributed by atoms with Crippen LogP contribution in [-0.4, -0.2) is 12.6 Å². The molecule has 0 radical (unpaired) electrons. The number of nitrogens with one attached hydrogen (secondary N) is 1. The second-order valence-corrected chi connectivity index (χ2v) is 6.18. The van der Waals surface area contributed by atoms with Gasteiger partial charge >= 0.3 is 0 Å². The molecule has 0 bridgehead atoms. The van der Waals surface area contributed by atoms with Crippen molar-refractivity contribution in [2.24, 2.45) is 5.92 Å². The van der Waals surface area contributed by atoms with Crippen molar-refractivity contribution in [1.82, 2.24) is 5.48 Å². The van der Waals surface area contributed by atoms with Gasteiger partial charge in [-0.1, -0.05) is 58.0 Å². The van der Waals surface area contributed by atoms with Crippen LogP contribution in [0.5, 0.6) is 0 Å². The lowest BCUT2D eigenvalue weighted by Crippen LogP contribution is -2.34. The largest absolute Gasteiger partial charge is 0.301 e. The van der Waals surface area contributed by atoms with E-state index in [9.17, 15) is 0 Å². The molecule has 0 aliphatic heterocycles. The van der Waals surface area contributed by atoms with Crippen molar-refractivity contribution in [2.75, 3.05) is 6.61 Å². The van der Waals surface area contributed by atoms with E-state index in [2.05, 4.69) is 70.4 Å². The van der Waals surface area contributed by atoms with E-state index >= 15 is 0 Å². The molecule has 102 valence electrons. The number of hydrogen-bond acceptors (Lipinski definition) is 2. The Balaban J connectivity index is 2.45. The van der Waals surface area contributed by atoms with Gasteiger partial charge in [0.1, 0.15) is 0 Å². The highest BCUT2D eigenvalue weighted by Gasteiger charge is 2.23. The van der Waals surface area contributed by atoms with Crippen LogP contribution in [0.25, 0.3) is 0 Å². The number of benzene rings is 1. The van der Waals surface area contributed by atoms with Crippen LogP contribution in [0.15, 0.2) is 30.3 Å². The topological polar surface area (TPSA) is 21.3 Å². The average Bonchev–Trinajstić information content (AvgIpc) is 2.29. The first kappa shape index (κ1) is 15.2. The summed E-state index contributed by atoms with van der Waals surface area (Å²) in [6.07, 6.45) is 1.05. The molecule has 0 aromatic heterocycles. The van der Waals surface area contributed by atoms with Crippen LogP contribution in [0, 0.1) is 5.92 Å². The van der Waals surface area contributed by atoms with E-state index in [0.717, 1.165) is 13.0 Å². The predicted octanol–water partition coefficient (Wildman–Crippen LogP) is 3.92. The Kier molecular flexibility index (Phi) is 5.83. The van der Waals surface area contributed by atoms with E-state index in [1.54, 1.807) is 0 Å². The van der Waals surface area contributed by atoms with Crippen LogP contribution in [-0.2, 0) is 10.3 Å². The fourth-order valence-electron chi connectivity index (χ4n) is 2.17. The van der Waals surface area contributed by atoms with Crippen LogP contribution in [0.1, 0.15) is 46.6 Å². The van der Waals surface area contributed by atoms with Gasteiger partial charge in [-0.3, -0.25) is 0 Å². The summed E-state index contributed by atoms with van der Waals surface area (Å²) in [6, 6.07) is 11.0. The lowest BCUT2D eigenvalue weighted by molar-refractivity contribution is -0.000665. The molecule has 0 saturated heterocycles. The SMILES string of the molecule is CC(C)CONC(C)CC(C)(C)c1ccccc1. The Morgan fingerprint density at radius 2 is 1.72 bits per heavy atom. The molecule has 18 heavy (non-hydrogen) atoms. The summed E-state index contributed by atoms with van der Waals surface area (Å²) >= 11 is 0. The molecule has 1 aromatic carbocycles. The van der Waals surface area contributed by atoms with Crippen molar-refractivity contribution < 1.29 is 4.84 Å². The van der Waals surface area contributed by atoms with Crippen LogP contribution >= 0.6 is 0 Å². The fourth-order valence-corrected chi connectivity index (χ4v) is 2.17. The van der Waals surface area contributed by atoms with Crippen molar-refractivity contribution in [2.45, 2.75) is 52.5 Å². The van der Waals surface area contributed by atoms with Gasteiger partial charge in [0.05, 0.1) is 6.61 Å². The maximum Gasteiger partial charge on any atom is 0.0705 e. The van der Waals surface area contributed by atoms with Crippen molar-refractivity contribution in [3.8, 4) is 0 Å². The molecule has 1 rings (SSSR count). The molecule has 0 saturated carbocycles. The van der Waals surface area contributed by atoms with Crippen LogP contribution < -0.4 is 5.48 Å². The minimum absolute atomic E-state index is 0.162. The molecule has 1 atom stereocenters. The molecular formula is C16H27NO. The fraction of sp³-hybridized carbons (Fsp3) is 0.625. The molecule has 0 amide bonds. The zero-order valence-corrected chi connectivity index (χ0v) is 12.4. The van der Waals surface area contributed by atoms with Gasteiger partial charge < -0.3 is 4.84 Å². The monoisotopic (exact) mass is 249 g/mol. The molecule has 0 spiro atoms. The maximum atomic E-state index is 5.49. The minimum atomic E-state index is 0.162. The third-order valence-electron chi connectivity index (χ3n) is 3.07. The second-order valence-electron chi connectivity index (χ2n) is 6.18. The lowest BCUT2D eigenvalue weighted by atomic mass is 9.79. The standard InChI is InChI=1S/C16H27NO/c1-13(2)12-18-17-14(3)11-16(4,5)15-9-7-6-8-10-15/h6-10,13-14,17H,11-12H2,1-5H3. The third-order valence-corrected chi connectivity index (χ3v) is 3.07. The number of rotatable bonds is 7. The number of hydrogen-bond donors (Lipinski definition) is 1. The first-order valence-corrected chi connectivity index (χ1v) is 6.84. The normalized spacial score (nSPS) is 13.9. The van der Waals surface area contributed by atoms with Crippen molar-refractivity contribution in [3.05, 3.63) is 35.9 Å². The maximum absolute atomic E-state index is 5.49. The molecular weight excluding hydrogens is 222 g/mol. The van der Waals surface area contributed by atoms with Crippen LogP contribution in [0.4, 0.5) is 0 Å². The predicted molar refractivity (Wildman–Crippen MR) is 77.5 cm³/mol. The van der Waals surface area contributed by atoms with E-state index in [0.29, 0.717) is 12.0 Å².